The Morgan fingerprint density at radius 1 is 1.28 bits per heavy atom. The lowest BCUT2D eigenvalue weighted by molar-refractivity contribution is 0.654. The Bertz CT molecular complexity index is 639. The van der Waals surface area contributed by atoms with E-state index in [0.717, 1.165) is 18.5 Å². The number of rotatable bonds is 1. The van der Waals surface area contributed by atoms with Gasteiger partial charge in [-0.25, -0.2) is 9.97 Å². The number of imidazole rings is 1. The summed E-state index contributed by atoms with van der Waals surface area (Å²) in [5, 5.41) is 9.30. The Balaban J connectivity index is 2.13. The van der Waals surface area contributed by atoms with Crippen molar-refractivity contribution in [1.82, 2.24) is 14.5 Å². The smallest absolute Gasteiger partial charge is 0.141 e. The lowest BCUT2D eigenvalue weighted by Crippen LogP contribution is -2.08. The molecule has 0 saturated heterocycles. The largest absolute Gasteiger partial charge is 0.287 e. The van der Waals surface area contributed by atoms with Crippen LogP contribution in [0.2, 0.25) is 5.15 Å². The predicted molar refractivity (Wildman–Crippen MR) is 67.7 cm³/mol. The third kappa shape index (κ3) is 1.87. The second kappa shape index (κ2) is 4.43. The fourth-order valence-corrected chi connectivity index (χ4v) is 2.54. The summed E-state index contributed by atoms with van der Waals surface area (Å²) in [7, 11) is 0. The Morgan fingerprint density at radius 3 is 2.94 bits per heavy atom. The molecule has 18 heavy (non-hydrogen) atoms. The van der Waals surface area contributed by atoms with Crippen molar-refractivity contribution in [3.8, 4) is 11.9 Å². The van der Waals surface area contributed by atoms with Crippen LogP contribution in [0.1, 0.15) is 29.8 Å². The number of fused-ring (bicyclic) bond motifs is 1. The van der Waals surface area contributed by atoms with Crippen LogP contribution in [-0.4, -0.2) is 14.5 Å². The van der Waals surface area contributed by atoms with Crippen LogP contribution in [0.5, 0.6) is 0 Å². The lowest BCUT2D eigenvalue weighted by atomic mass is 10.0. The van der Waals surface area contributed by atoms with Crippen LogP contribution in [0.15, 0.2) is 18.5 Å². The molecule has 0 radical (unpaired) electrons. The molecule has 0 bridgehead atoms. The number of nitriles is 1. The molecule has 0 atom stereocenters. The molecule has 0 fully saturated rings. The first-order valence-corrected chi connectivity index (χ1v) is 6.29. The standard InChI is InChI=1S/C13H11ClN4/c14-12-5-9(7-15)6-13(17-12)18-8-16-10-3-1-2-4-11(10)18/h5-6,8H,1-4H2. The molecule has 0 N–H and O–H groups in total. The summed E-state index contributed by atoms with van der Waals surface area (Å²) < 4.78 is 1.95. The highest BCUT2D eigenvalue weighted by molar-refractivity contribution is 6.29. The molecule has 3 rings (SSSR count). The summed E-state index contributed by atoms with van der Waals surface area (Å²) in [6.07, 6.45) is 6.16. The molecular weight excluding hydrogens is 248 g/mol. The molecule has 0 spiro atoms. The van der Waals surface area contributed by atoms with Gasteiger partial charge in [0.15, 0.2) is 0 Å². The second-order valence-electron chi connectivity index (χ2n) is 4.36. The first-order valence-electron chi connectivity index (χ1n) is 5.91. The maximum Gasteiger partial charge on any atom is 0.141 e. The Kier molecular flexibility index (Phi) is 2.77. The van der Waals surface area contributed by atoms with E-state index >= 15 is 0 Å². The molecule has 0 aromatic carbocycles. The van der Waals surface area contributed by atoms with Gasteiger partial charge >= 0.3 is 0 Å². The molecule has 2 heterocycles. The summed E-state index contributed by atoms with van der Waals surface area (Å²) >= 11 is 5.93. The van der Waals surface area contributed by atoms with E-state index in [0.29, 0.717) is 16.5 Å². The zero-order chi connectivity index (χ0) is 12.5. The summed E-state index contributed by atoms with van der Waals surface area (Å²) in [6.45, 7) is 0. The zero-order valence-electron chi connectivity index (χ0n) is 9.73. The van der Waals surface area contributed by atoms with E-state index in [-0.39, 0.29) is 0 Å². The third-order valence-corrected chi connectivity index (χ3v) is 3.38. The minimum Gasteiger partial charge on any atom is -0.287 e. The van der Waals surface area contributed by atoms with Crippen LogP contribution in [0.3, 0.4) is 0 Å². The highest BCUT2D eigenvalue weighted by atomic mass is 35.5. The van der Waals surface area contributed by atoms with E-state index in [1.807, 2.05) is 4.57 Å². The van der Waals surface area contributed by atoms with Crippen molar-refractivity contribution in [2.24, 2.45) is 0 Å². The van der Waals surface area contributed by atoms with Crippen LogP contribution < -0.4 is 0 Å². The molecule has 0 unspecified atom stereocenters. The van der Waals surface area contributed by atoms with E-state index in [2.05, 4.69) is 16.0 Å². The first-order chi connectivity index (χ1) is 8.78. The highest BCUT2D eigenvalue weighted by Crippen LogP contribution is 2.23. The van der Waals surface area contributed by atoms with Gasteiger partial charge < -0.3 is 0 Å². The van der Waals surface area contributed by atoms with Gasteiger partial charge in [0.05, 0.1) is 17.3 Å². The van der Waals surface area contributed by atoms with Gasteiger partial charge in [-0.1, -0.05) is 11.6 Å². The van der Waals surface area contributed by atoms with Crippen molar-refractivity contribution in [3.63, 3.8) is 0 Å². The van der Waals surface area contributed by atoms with Gasteiger partial charge in [0, 0.05) is 5.69 Å². The Morgan fingerprint density at radius 2 is 2.11 bits per heavy atom. The minimum atomic E-state index is 0.335. The minimum absolute atomic E-state index is 0.335. The number of halogens is 1. The van der Waals surface area contributed by atoms with Gasteiger partial charge in [-0.15, -0.1) is 0 Å². The van der Waals surface area contributed by atoms with E-state index in [1.165, 1.54) is 18.5 Å². The number of pyridine rings is 1. The van der Waals surface area contributed by atoms with Crippen LogP contribution in [0.25, 0.3) is 5.82 Å². The summed E-state index contributed by atoms with van der Waals surface area (Å²) in [6, 6.07) is 5.39. The fourth-order valence-electron chi connectivity index (χ4n) is 2.34. The molecule has 90 valence electrons. The Labute approximate surface area is 110 Å². The monoisotopic (exact) mass is 258 g/mol. The van der Waals surface area contributed by atoms with E-state index in [1.54, 1.807) is 18.5 Å². The fraction of sp³-hybridized carbons (Fsp3) is 0.308. The SMILES string of the molecule is N#Cc1cc(Cl)nc(-n2cnc3c2CCCC3)c1. The van der Waals surface area contributed by atoms with Crippen molar-refractivity contribution >= 4 is 11.6 Å². The lowest BCUT2D eigenvalue weighted by Gasteiger charge is -2.13. The van der Waals surface area contributed by atoms with Gasteiger partial charge in [-0.3, -0.25) is 4.57 Å². The molecule has 2 aromatic rings. The predicted octanol–water partition coefficient (Wildman–Crippen LogP) is 2.67. The molecule has 4 nitrogen and oxygen atoms in total. The van der Waals surface area contributed by atoms with Gasteiger partial charge in [-0.05, 0) is 37.8 Å². The quantitative estimate of drug-likeness (QED) is 0.739. The van der Waals surface area contributed by atoms with E-state index in [4.69, 9.17) is 16.9 Å². The maximum atomic E-state index is 8.96. The maximum absolute atomic E-state index is 8.96. The number of nitrogens with zero attached hydrogens (tertiary/aromatic N) is 4. The van der Waals surface area contributed by atoms with Crippen LogP contribution in [-0.2, 0) is 12.8 Å². The molecule has 0 aliphatic heterocycles. The molecular formula is C13H11ClN4. The van der Waals surface area contributed by atoms with Crippen molar-refractivity contribution in [1.29, 1.82) is 5.26 Å². The molecule has 0 amide bonds. The zero-order valence-corrected chi connectivity index (χ0v) is 10.5. The third-order valence-electron chi connectivity index (χ3n) is 3.19. The average Bonchev–Trinajstić information content (AvgIpc) is 2.81. The van der Waals surface area contributed by atoms with Gasteiger partial charge in [0.2, 0.25) is 0 Å². The van der Waals surface area contributed by atoms with Crippen LogP contribution in [0.4, 0.5) is 0 Å². The molecule has 2 aromatic heterocycles. The molecule has 0 saturated carbocycles. The number of aryl methyl sites for hydroxylation is 1. The summed E-state index contributed by atoms with van der Waals surface area (Å²) in [4.78, 5) is 8.68. The van der Waals surface area contributed by atoms with Gasteiger partial charge in [0.1, 0.15) is 17.3 Å². The van der Waals surface area contributed by atoms with Crippen molar-refractivity contribution in [2.45, 2.75) is 25.7 Å². The number of hydrogen-bond donors (Lipinski definition) is 0. The summed E-state index contributed by atoms with van der Waals surface area (Å²) in [5.41, 5.74) is 2.85. The van der Waals surface area contributed by atoms with Crippen LogP contribution in [0, 0.1) is 11.3 Å². The molecule has 5 heteroatoms. The average molecular weight is 259 g/mol. The Hall–Kier alpha value is -1.86. The number of hydrogen-bond acceptors (Lipinski definition) is 3. The summed E-state index contributed by atoms with van der Waals surface area (Å²) in [5.74, 6) is 0.676. The van der Waals surface area contributed by atoms with Crippen molar-refractivity contribution < 1.29 is 0 Å². The van der Waals surface area contributed by atoms with Crippen LogP contribution >= 0.6 is 11.6 Å². The van der Waals surface area contributed by atoms with E-state index in [9.17, 15) is 0 Å². The highest BCUT2D eigenvalue weighted by Gasteiger charge is 2.17. The van der Waals surface area contributed by atoms with Gasteiger partial charge in [-0.2, -0.15) is 5.26 Å². The number of aromatic nitrogens is 3. The molecule has 1 aliphatic carbocycles. The topological polar surface area (TPSA) is 54.5 Å². The van der Waals surface area contributed by atoms with Gasteiger partial charge in [0.25, 0.3) is 0 Å². The first kappa shape index (κ1) is 11.2. The second-order valence-corrected chi connectivity index (χ2v) is 4.75. The van der Waals surface area contributed by atoms with Crippen molar-refractivity contribution in [2.75, 3.05) is 0 Å². The normalized spacial score (nSPS) is 14.0. The van der Waals surface area contributed by atoms with E-state index < -0.39 is 0 Å². The van der Waals surface area contributed by atoms with Crippen molar-refractivity contribution in [3.05, 3.63) is 40.6 Å². The molecule has 1 aliphatic rings.